The molecule has 2 aromatic rings. The van der Waals surface area contributed by atoms with E-state index in [0.29, 0.717) is 0 Å². The highest BCUT2D eigenvalue weighted by Gasteiger charge is 2.26. The number of aliphatic hydroxyl groups is 1. The van der Waals surface area contributed by atoms with E-state index in [1.807, 2.05) is 51.1 Å². The van der Waals surface area contributed by atoms with Gasteiger partial charge in [-0.3, -0.25) is 4.98 Å². The van der Waals surface area contributed by atoms with Crippen molar-refractivity contribution in [2.24, 2.45) is 5.41 Å². The van der Waals surface area contributed by atoms with Crippen LogP contribution in [0.4, 0.5) is 0 Å². The molecular weight excluding hydrogens is 198 g/mol. The van der Waals surface area contributed by atoms with Crippen molar-refractivity contribution >= 4 is 10.8 Å². The lowest BCUT2D eigenvalue weighted by Gasteiger charge is -2.26. The average molecular weight is 215 g/mol. The Morgan fingerprint density at radius 3 is 2.50 bits per heavy atom. The Kier molecular flexibility index (Phi) is 2.68. The predicted octanol–water partition coefficient (Wildman–Crippen LogP) is 3.31. The van der Waals surface area contributed by atoms with Gasteiger partial charge in [-0.05, 0) is 16.9 Å². The van der Waals surface area contributed by atoms with E-state index in [-0.39, 0.29) is 5.41 Å². The SMILES string of the molecule is CC(C)(C)[C@H](O)c1nccc2ccccc12. The Morgan fingerprint density at radius 2 is 1.81 bits per heavy atom. The summed E-state index contributed by atoms with van der Waals surface area (Å²) < 4.78 is 0. The van der Waals surface area contributed by atoms with Crippen LogP contribution in [0.5, 0.6) is 0 Å². The normalized spacial score (nSPS) is 14.0. The molecule has 2 nitrogen and oxygen atoms in total. The standard InChI is InChI=1S/C14H17NO/c1-14(2,3)13(16)12-11-7-5-4-6-10(11)8-9-15-12/h4-9,13,16H,1-3H3/t13-/m1/s1. The van der Waals surface area contributed by atoms with Crippen molar-refractivity contribution in [3.63, 3.8) is 0 Å². The first-order valence-electron chi connectivity index (χ1n) is 5.52. The number of hydrogen-bond acceptors (Lipinski definition) is 2. The van der Waals surface area contributed by atoms with E-state index in [2.05, 4.69) is 4.98 Å². The summed E-state index contributed by atoms with van der Waals surface area (Å²) >= 11 is 0. The first-order chi connectivity index (χ1) is 7.50. The molecule has 0 fully saturated rings. The minimum Gasteiger partial charge on any atom is -0.386 e. The van der Waals surface area contributed by atoms with Gasteiger partial charge in [-0.2, -0.15) is 0 Å². The molecule has 1 aromatic heterocycles. The molecular formula is C14H17NO. The first-order valence-corrected chi connectivity index (χ1v) is 5.52. The second-order valence-corrected chi connectivity index (χ2v) is 5.19. The fourth-order valence-corrected chi connectivity index (χ4v) is 1.77. The van der Waals surface area contributed by atoms with Gasteiger partial charge >= 0.3 is 0 Å². The molecule has 0 saturated heterocycles. The van der Waals surface area contributed by atoms with Crippen LogP contribution in [0.1, 0.15) is 32.6 Å². The van der Waals surface area contributed by atoms with Crippen molar-refractivity contribution in [3.8, 4) is 0 Å². The Balaban J connectivity index is 2.61. The van der Waals surface area contributed by atoms with E-state index in [0.717, 1.165) is 16.5 Å². The fourth-order valence-electron chi connectivity index (χ4n) is 1.77. The quantitative estimate of drug-likeness (QED) is 0.791. The minimum absolute atomic E-state index is 0.197. The van der Waals surface area contributed by atoms with Gasteiger partial charge in [0.15, 0.2) is 0 Å². The lowest BCUT2D eigenvalue weighted by Crippen LogP contribution is -2.19. The molecule has 2 heteroatoms. The third-order valence-electron chi connectivity index (χ3n) is 2.78. The summed E-state index contributed by atoms with van der Waals surface area (Å²) in [6, 6.07) is 9.98. The highest BCUT2D eigenvalue weighted by Crippen LogP contribution is 2.34. The van der Waals surface area contributed by atoms with Crippen molar-refractivity contribution in [2.75, 3.05) is 0 Å². The van der Waals surface area contributed by atoms with Crippen LogP contribution < -0.4 is 0 Å². The molecule has 0 spiro atoms. The van der Waals surface area contributed by atoms with Gasteiger partial charge in [0.2, 0.25) is 0 Å². The maximum atomic E-state index is 10.3. The molecule has 2 rings (SSSR count). The zero-order valence-corrected chi connectivity index (χ0v) is 9.94. The van der Waals surface area contributed by atoms with Crippen LogP contribution in [0.15, 0.2) is 36.5 Å². The Hall–Kier alpha value is -1.41. The van der Waals surface area contributed by atoms with Gasteiger partial charge in [0.1, 0.15) is 6.10 Å². The topological polar surface area (TPSA) is 33.1 Å². The summed E-state index contributed by atoms with van der Waals surface area (Å²) in [6.07, 6.45) is 1.21. The third-order valence-corrected chi connectivity index (χ3v) is 2.78. The minimum atomic E-state index is -0.543. The monoisotopic (exact) mass is 215 g/mol. The van der Waals surface area contributed by atoms with Gasteiger partial charge in [-0.15, -0.1) is 0 Å². The molecule has 1 N–H and O–H groups in total. The molecule has 0 radical (unpaired) electrons. The number of nitrogens with zero attached hydrogens (tertiary/aromatic N) is 1. The van der Waals surface area contributed by atoms with Crippen LogP contribution >= 0.6 is 0 Å². The van der Waals surface area contributed by atoms with E-state index in [1.54, 1.807) is 6.20 Å². The van der Waals surface area contributed by atoms with Crippen LogP contribution in [0, 0.1) is 5.41 Å². The summed E-state index contributed by atoms with van der Waals surface area (Å²) in [4.78, 5) is 4.32. The fraction of sp³-hybridized carbons (Fsp3) is 0.357. The summed E-state index contributed by atoms with van der Waals surface area (Å²) in [5, 5.41) is 12.4. The number of aliphatic hydroxyl groups excluding tert-OH is 1. The Morgan fingerprint density at radius 1 is 1.12 bits per heavy atom. The molecule has 0 aliphatic carbocycles. The van der Waals surface area contributed by atoms with Gasteiger partial charge in [0.25, 0.3) is 0 Å². The zero-order chi connectivity index (χ0) is 11.8. The predicted molar refractivity (Wildman–Crippen MR) is 66.2 cm³/mol. The molecule has 0 saturated carbocycles. The smallest absolute Gasteiger partial charge is 0.101 e. The van der Waals surface area contributed by atoms with Crippen molar-refractivity contribution < 1.29 is 5.11 Å². The summed E-state index contributed by atoms with van der Waals surface area (Å²) in [5.41, 5.74) is 0.572. The van der Waals surface area contributed by atoms with Crippen LogP contribution in [0.25, 0.3) is 10.8 Å². The van der Waals surface area contributed by atoms with Crippen molar-refractivity contribution in [1.29, 1.82) is 0 Å². The van der Waals surface area contributed by atoms with Gasteiger partial charge in [0.05, 0.1) is 5.69 Å². The highest BCUT2D eigenvalue weighted by atomic mass is 16.3. The number of aromatic nitrogens is 1. The number of fused-ring (bicyclic) bond motifs is 1. The van der Waals surface area contributed by atoms with E-state index < -0.39 is 6.10 Å². The van der Waals surface area contributed by atoms with Gasteiger partial charge in [-0.1, -0.05) is 45.0 Å². The molecule has 84 valence electrons. The number of pyridine rings is 1. The van der Waals surface area contributed by atoms with Crippen LogP contribution in [-0.2, 0) is 0 Å². The van der Waals surface area contributed by atoms with E-state index >= 15 is 0 Å². The molecule has 1 aromatic carbocycles. The van der Waals surface area contributed by atoms with Gasteiger partial charge in [0, 0.05) is 11.6 Å². The maximum absolute atomic E-state index is 10.3. The first kappa shape index (κ1) is 11.1. The Labute approximate surface area is 96.0 Å². The summed E-state index contributed by atoms with van der Waals surface area (Å²) in [6.45, 7) is 6.04. The second kappa shape index (κ2) is 3.87. The van der Waals surface area contributed by atoms with Crippen molar-refractivity contribution in [3.05, 3.63) is 42.2 Å². The molecule has 1 atom stereocenters. The van der Waals surface area contributed by atoms with E-state index in [1.165, 1.54) is 0 Å². The van der Waals surface area contributed by atoms with Crippen molar-refractivity contribution in [2.45, 2.75) is 26.9 Å². The van der Waals surface area contributed by atoms with E-state index in [4.69, 9.17) is 0 Å². The lowest BCUT2D eigenvalue weighted by atomic mass is 9.85. The average Bonchev–Trinajstić information content (AvgIpc) is 2.26. The summed E-state index contributed by atoms with van der Waals surface area (Å²) in [7, 11) is 0. The van der Waals surface area contributed by atoms with Crippen LogP contribution in [0.3, 0.4) is 0 Å². The third kappa shape index (κ3) is 1.93. The number of hydrogen-bond donors (Lipinski definition) is 1. The van der Waals surface area contributed by atoms with Gasteiger partial charge in [-0.25, -0.2) is 0 Å². The number of benzene rings is 1. The maximum Gasteiger partial charge on any atom is 0.101 e. The molecule has 1 heterocycles. The molecule has 16 heavy (non-hydrogen) atoms. The molecule has 0 bridgehead atoms. The zero-order valence-electron chi connectivity index (χ0n) is 9.94. The second-order valence-electron chi connectivity index (χ2n) is 5.19. The highest BCUT2D eigenvalue weighted by molar-refractivity contribution is 5.84. The van der Waals surface area contributed by atoms with Crippen LogP contribution in [0.2, 0.25) is 0 Å². The van der Waals surface area contributed by atoms with Gasteiger partial charge < -0.3 is 5.11 Å². The van der Waals surface area contributed by atoms with Crippen LogP contribution in [-0.4, -0.2) is 10.1 Å². The molecule has 0 aliphatic heterocycles. The molecule has 0 aliphatic rings. The van der Waals surface area contributed by atoms with Crippen molar-refractivity contribution in [1.82, 2.24) is 4.98 Å². The Bertz CT molecular complexity index is 494. The lowest BCUT2D eigenvalue weighted by molar-refractivity contribution is 0.0603. The largest absolute Gasteiger partial charge is 0.386 e. The number of rotatable bonds is 1. The molecule has 0 unspecified atom stereocenters. The van der Waals surface area contributed by atoms with E-state index in [9.17, 15) is 5.11 Å². The molecule has 0 amide bonds. The summed E-state index contributed by atoms with van der Waals surface area (Å²) in [5.74, 6) is 0.